The minimum Gasteiger partial charge on any atom is -0.502 e. The molecule has 0 aliphatic carbocycles. The number of hydrogen-bond acceptors (Lipinski definition) is 5. The third-order valence-corrected chi connectivity index (χ3v) is 3.07. The summed E-state index contributed by atoms with van der Waals surface area (Å²) in [6.07, 6.45) is -4.32. The largest absolute Gasteiger partial charge is 0.574 e. The lowest BCUT2D eigenvalue weighted by atomic mass is 10.3. The van der Waals surface area contributed by atoms with E-state index in [0.717, 1.165) is 6.20 Å². The van der Waals surface area contributed by atoms with Gasteiger partial charge in [-0.05, 0) is 12.5 Å². The summed E-state index contributed by atoms with van der Waals surface area (Å²) in [5.41, 5.74) is -0.105. The van der Waals surface area contributed by atoms with Crippen molar-refractivity contribution < 1.29 is 31.4 Å². The zero-order valence-corrected chi connectivity index (χ0v) is 9.69. The van der Waals surface area contributed by atoms with Crippen molar-refractivity contribution in [1.29, 1.82) is 0 Å². The van der Waals surface area contributed by atoms with Crippen LogP contribution in [0.25, 0.3) is 0 Å². The molecule has 0 radical (unpaired) electrons. The molecule has 0 unspecified atom stereocenters. The molecule has 10 heteroatoms. The molecule has 0 saturated heterocycles. The average molecular weight is 292 g/mol. The van der Waals surface area contributed by atoms with Crippen LogP contribution in [-0.2, 0) is 9.05 Å². The Morgan fingerprint density at radius 1 is 1.47 bits per heavy atom. The lowest BCUT2D eigenvalue weighted by Crippen LogP contribution is -2.18. The van der Waals surface area contributed by atoms with Gasteiger partial charge in [0.25, 0.3) is 14.9 Å². The molecular weight excluding hydrogens is 287 g/mol. The fraction of sp³-hybridized carbons (Fsp3) is 0.286. The van der Waals surface area contributed by atoms with E-state index in [9.17, 15) is 26.7 Å². The van der Waals surface area contributed by atoms with E-state index in [4.69, 9.17) is 10.7 Å². The van der Waals surface area contributed by atoms with E-state index in [1.54, 1.807) is 0 Å². The molecule has 1 rings (SSSR count). The van der Waals surface area contributed by atoms with Crippen LogP contribution in [0.5, 0.6) is 11.6 Å². The monoisotopic (exact) mass is 291 g/mol. The molecule has 1 aromatic heterocycles. The highest BCUT2D eigenvalue weighted by molar-refractivity contribution is 8.13. The molecule has 96 valence electrons. The summed E-state index contributed by atoms with van der Waals surface area (Å²) in [6.45, 7) is 1.21. The van der Waals surface area contributed by atoms with Crippen LogP contribution in [-0.4, -0.2) is 24.9 Å². The van der Waals surface area contributed by atoms with Gasteiger partial charge >= 0.3 is 6.36 Å². The van der Waals surface area contributed by atoms with Crippen molar-refractivity contribution in [3.05, 3.63) is 11.8 Å². The maximum atomic E-state index is 11.9. The third-order valence-electron chi connectivity index (χ3n) is 1.61. The first-order valence-corrected chi connectivity index (χ1v) is 6.22. The first-order valence-electron chi connectivity index (χ1n) is 3.91. The summed E-state index contributed by atoms with van der Waals surface area (Å²) >= 11 is 0. The molecule has 0 atom stereocenters. The number of aromatic hydroxyl groups is 1. The fourth-order valence-electron chi connectivity index (χ4n) is 1.05. The van der Waals surface area contributed by atoms with E-state index in [-0.39, 0.29) is 5.56 Å². The number of aromatic nitrogens is 1. The van der Waals surface area contributed by atoms with Crippen LogP contribution < -0.4 is 4.74 Å². The van der Waals surface area contributed by atoms with E-state index in [1.165, 1.54) is 6.92 Å². The van der Waals surface area contributed by atoms with Crippen molar-refractivity contribution in [1.82, 2.24) is 4.98 Å². The van der Waals surface area contributed by atoms with E-state index in [1.807, 2.05) is 0 Å². The quantitative estimate of drug-likeness (QED) is 0.843. The van der Waals surface area contributed by atoms with Gasteiger partial charge < -0.3 is 9.84 Å². The molecule has 0 fully saturated rings. The molecular formula is C7H5ClF3NO4S. The lowest BCUT2D eigenvalue weighted by molar-refractivity contribution is -0.276. The van der Waals surface area contributed by atoms with Gasteiger partial charge in [0, 0.05) is 16.9 Å². The van der Waals surface area contributed by atoms with Crippen LogP contribution in [0, 0.1) is 6.92 Å². The normalized spacial score (nSPS) is 12.5. The van der Waals surface area contributed by atoms with E-state index in [0.29, 0.717) is 0 Å². The Balaban J connectivity index is 3.40. The van der Waals surface area contributed by atoms with Crippen LogP contribution in [0.3, 0.4) is 0 Å². The van der Waals surface area contributed by atoms with E-state index < -0.39 is 31.9 Å². The summed E-state index contributed by atoms with van der Waals surface area (Å²) in [7, 11) is 0.553. The molecule has 0 amide bonds. The van der Waals surface area contributed by atoms with Crippen LogP contribution in [0.1, 0.15) is 5.56 Å². The van der Waals surface area contributed by atoms with Gasteiger partial charge in [0.05, 0.1) is 0 Å². The SMILES string of the molecule is Cc1cnc(OC(F)(F)F)c(O)c1S(=O)(=O)Cl. The molecule has 0 aromatic carbocycles. The molecule has 0 aliphatic heterocycles. The van der Waals surface area contributed by atoms with Gasteiger partial charge in [0.15, 0.2) is 5.75 Å². The molecule has 5 nitrogen and oxygen atoms in total. The van der Waals surface area contributed by atoms with E-state index in [2.05, 4.69) is 9.72 Å². The Labute approximate surface area is 98.2 Å². The number of halogens is 4. The summed E-state index contributed by atoms with van der Waals surface area (Å²) in [6, 6.07) is 0. The predicted molar refractivity (Wildman–Crippen MR) is 50.4 cm³/mol. The van der Waals surface area contributed by atoms with Gasteiger partial charge in [-0.25, -0.2) is 13.4 Å². The Bertz CT molecular complexity index is 543. The lowest BCUT2D eigenvalue weighted by Gasteiger charge is -2.11. The number of rotatable bonds is 2. The van der Waals surface area contributed by atoms with Crippen molar-refractivity contribution in [2.75, 3.05) is 0 Å². The van der Waals surface area contributed by atoms with Crippen molar-refractivity contribution in [2.45, 2.75) is 18.2 Å². The highest BCUT2D eigenvalue weighted by atomic mass is 35.7. The topological polar surface area (TPSA) is 76.5 Å². The number of alkyl halides is 3. The maximum Gasteiger partial charge on any atom is 0.574 e. The molecule has 0 spiro atoms. The zero-order chi connectivity index (χ0) is 13.4. The molecule has 1 heterocycles. The smallest absolute Gasteiger partial charge is 0.502 e. The Hall–Kier alpha value is -1.22. The number of nitrogens with zero attached hydrogens (tertiary/aromatic N) is 1. The third kappa shape index (κ3) is 3.37. The minimum absolute atomic E-state index is 0.105. The predicted octanol–water partition coefficient (Wildman–Crippen LogP) is 1.92. The van der Waals surface area contributed by atoms with Crippen molar-refractivity contribution in [3.63, 3.8) is 0 Å². The molecule has 1 N–H and O–H groups in total. The van der Waals surface area contributed by atoms with Crippen LogP contribution in [0.15, 0.2) is 11.1 Å². The van der Waals surface area contributed by atoms with Gasteiger partial charge in [-0.1, -0.05) is 0 Å². The summed E-state index contributed by atoms with van der Waals surface area (Å²) in [5.74, 6) is -2.56. The highest BCUT2D eigenvalue weighted by Gasteiger charge is 2.35. The Morgan fingerprint density at radius 3 is 2.41 bits per heavy atom. The standard InChI is InChI=1S/C7H5ClF3NO4S/c1-3-2-12-6(16-7(9,10)11)4(13)5(3)17(8,14)15/h2,13H,1H3. The number of hydrogen-bond donors (Lipinski definition) is 1. The second-order valence-corrected chi connectivity index (χ2v) is 5.41. The second-order valence-electron chi connectivity index (χ2n) is 2.91. The van der Waals surface area contributed by atoms with Gasteiger partial charge in [-0.15, -0.1) is 13.2 Å². The molecule has 1 aromatic rings. The van der Waals surface area contributed by atoms with Crippen LogP contribution in [0.4, 0.5) is 13.2 Å². The van der Waals surface area contributed by atoms with E-state index >= 15 is 0 Å². The Morgan fingerprint density at radius 2 is 2.00 bits per heavy atom. The molecule has 0 aliphatic rings. The first-order chi connectivity index (χ1) is 7.52. The summed E-state index contributed by atoms with van der Waals surface area (Å²) in [5, 5.41) is 9.32. The van der Waals surface area contributed by atoms with Crippen LogP contribution in [0.2, 0.25) is 0 Å². The van der Waals surface area contributed by atoms with Gasteiger partial charge in [0.2, 0.25) is 0 Å². The zero-order valence-electron chi connectivity index (χ0n) is 8.12. The van der Waals surface area contributed by atoms with Gasteiger partial charge in [-0.2, -0.15) is 0 Å². The first kappa shape index (κ1) is 13.8. The van der Waals surface area contributed by atoms with Crippen molar-refractivity contribution >= 4 is 19.7 Å². The summed E-state index contributed by atoms with van der Waals surface area (Å²) in [4.78, 5) is 2.25. The molecule has 0 bridgehead atoms. The Kier molecular flexibility index (Phi) is 3.44. The van der Waals surface area contributed by atoms with Crippen molar-refractivity contribution in [3.8, 4) is 11.6 Å². The molecule has 0 saturated carbocycles. The number of aryl methyl sites for hydroxylation is 1. The number of pyridine rings is 1. The fourth-order valence-corrected chi connectivity index (χ4v) is 2.39. The van der Waals surface area contributed by atoms with Gasteiger partial charge in [0.1, 0.15) is 4.90 Å². The number of ether oxygens (including phenoxy) is 1. The maximum absolute atomic E-state index is 11.9. The molecule has 17 heavy (non-hydrogen) atoms. The minimum atomic E-state index is -5.10. The second kappa shape index (κ2) is 4.22. The van der Waals surface area contributed by atoms with Crippen molar-refractivity contribution in [2.24, 2.45) is 0 Å². The average Bonchev–Trinajstić information content (AvgIpc) is 2.06. The summed E-state index contributed by atoms with van der Waals surface area (Å²) < 4.78 is 61.1. The van der Waals surface area contributed by atoms with Gasteiger partial charge in [-0.3, -0.25) is 0 Å². The highest BCUT2D eigenvalue weighted by Crippen LogP contribution is 2.37. The van der Waals surface area contributed by atoms with Crippen LogP contribution >= 0.6 is 10.7 Å².